The van der Waals surface area contributed by atoms with Crippen molar-refractivity contribution >= 4 is 45.1 Å². The van der Waals surface area contributed by atoms with Crippen LogP contribution in [-0.4, -0.2) is 38.7 Å². The van der Waals surface area contributed by atoms with Crippen LogP contribution in [0.5, 0.6) is 0 Å². The van der Waals surface area contributed by atoms with Gasteiger partial charge in [0.05, 0.1) is 11.4 Å². The van der Waals surface area contributed by atoms with Gasteiger partial charge in [-0.3, -0.25) is 19.8 Å². The largest absolute Gasteiger partial charge is 0.338 e. The molecule has 0 saturated carbocycles. The Bertz CT molecular complexity index is 1160. The van der Waals surface area contributed by atoms with Gasteiger partial charge in [-0.1, -0.05) is 48.2 Å². The van der Waals surface area contributed by atoms with Crippen LogP contribution in [0.1, 0.15) is 12.0 Å². The number of thiophene rings is 1. The van der Waals surface area contributed by atoms with E-state index in [0.717, 1.165) is 5.56 Å². The molecule has 0 radical (unpaired) electrons. The lowest BCUT2D eigenvalue weighted by Crippen LogP contribution is -2.38. The molecular weight excluding hydrogens is 420 g/mol. The molecule has 1 aliphatic rings. The van der Waals surface area contributed by atoms with E-state index in [1.54, 1.807) is 22.4 Å². The van der Waals surface area contributed by atoms with Crippen molar-refractivity contribution in [3.05, 3.63) is 70.4 Å². The average molecular weight is 441 g/mol. The summed E-state index contributed by atoms with van der Waals surface area (Å²) in [7, 11) is 0. The minimum atomic E-state index is -0.524. The Labute approximate surface area is 181 Å². The number of thioether (sulfide) groups is 1. The van der Waals surface area contributed by atoms with Crippen LogP contribution < -0.4 is 11.0 Å². The maximum Gasteiger partial charge on any atom is 0.291 e. The summed E-state index contributed by atoms with van der Waals surface area (Å²) in [5.41, 5.74) is 3.99. The van der Waals surface area contributed by atoms with Crippen molar-refractivity contribution in [1.82, 2.24) is 14.6 Å². The van der Waals surface area contributed by atoms with Crippen molar-refractivity contribution < 1.29 is 9.59 Å². The number of aromatic nitrogens is 2. The predicted octanol–water partition coefficient (Wildman–Crippen LogP) is 2.85. The Kier molecular flexibility index (Phi) is 6.01. The number of hydrogen-bond acceptors (Lipinski definition) is 6. The number of likely N-dealkylation sites (tertiary alicyclic amines) is 1. The molecule has 0 spiro atoms. The second kappa shape index (κ2) is 8.85. The molecule has 7 nitrogen and oxygen atoms in total. The highest BCUT2D eigenvalue weighted by Gasteiger charge is 2.34. The lowest BCUT2D eigenvalue weighted by atomic mass is 10.1. The SMILES string of the molecule is C=CCSc1nc2ccsc2c(=O)n1NC(=O)C1CC(=O)N(Cc2ccccc2)C1. The topological polar surface area (TPSA) is 84.3 Å². The first kappa shape index (κ1) is 20.4. The number of amides is 2. The van der Waals surface area contributed by atoms with E-state index in [1.165, 1.54) is 27.8 Å². The number of nitrogens with one attached hydrogen (secondary N) is 1. The number of rotatable bonds is 7. The molecule has 2 amide bonds. The number of carbonyl (C=O) groups is 2. The summed E-state index contributed by atoms with van der Waals surface area (Å²) in [6.07, 6.45) is 1.83. The fourth-order valence-corrected chi connectivity index (χ4v) is 4.77. The number of nitrogens with zero attached hydrogens (tertiary/aromatic N) is 3. The molecule has 154 valence electrons. The molecule has 1 aromatic carbocycles. The van der Waals surface area contributed by atoms with Crippen molar-refractivity contribution in [3.8, 4) is 0 Å². The fourth-order valence-electron chi connectivity index (χ4n) is 3.33. The summed E-state index contributed by atoms with van der Waals surface area (Å²) in [6, 6.07) is 11.4. The second-order valence-electron chi connectivity index (χ2n) is 6.91. The van der Waals surface area contributed by atoms with Crippen LogP contribution in [0.2, 0.25) is 0 Å². The van der Waals surface area contributed by atoms with Gasteiger partial charge in [0.2, 0.25) is 11.8 Å². The Balaban J connectivity index is 1.53. The molecule has 1 N–H and O–H groups in total. The average Bonchev–Trinajstić information content (AvgIpc) is 3.36. The smallest absolute Gasteiger partial charge is 0.291 e. The van der Waals surface area contributed by atoms with Gasteiger partial charge < -0.3 is 4.90 Å². The van der Waals surface area contributed by atoms with Gasteiger partial charge >= 0.3 is 0 Å². The highest BCUT2D eigenvalue weighted by molar-refractivity contribution is 7.99. The maximum atomic E-state index is 12.9. The number of benzene rings is 1. The summed E-state index contributed by atoms with van der Waals surface area (Å²) < 4.78 is 1.67. The van der Waals surface area contributed by atoms with Gasteiger partial charge in [0, 0.05) is 25.3 Å². The van der Waals surface area contributed by atoms with Gasteiger partial charge in [-0.2, -0.15) is 4.68 Å². The Morgan fingerprint density at radius 3 is 2.87 bits per heavy atom. The first-order valence-electron chi connectivity index (χ1n) is 9.43. The molecule has 30 heavy (non-hydrogen) atoms. The van der Waals surface area contributed by atoms with Crippen molar-refractivity contribution in [2.75, 3.05) is 17.7 Å². The number of hydrogen-bond donors (Lipinski definition) is 1. The summed E-state index contributed by atoms with van der Waals surface area (Å²) in [6.45, 7) is 4.47. The summed E-state index contributed by atoms with van der Waals surface area (Å²) in [5.74, 6) is -0.409. The lowest BCUT2D eigenvalue weighted by Gasteiger charge is -2.17. The molecule has 0 bridgehead atoms. The van der Waals surface area contributed by atoms with E-state index in [4.69, 9.17) is 0 Å². The van der Waals surface area contributed by atoms with Crippen LogP contribution in [-0.2, 0) is 16.1 Å². The molecule has 1 atom stereocenters. The van der Waals surface area contributed by atoms with E-state index in [9.17, 15) is 14.4 Å². The van der Waals surface area contributed by atoms with E-state index in [2.05, 4.69) is 17.0 Å². The monoisotopic (exact) mass is 440 g/mol. The van der Waals surface area contributed by atoms with Gasteiger partial charge in [-0.25, -0.2) is 4.98 Å². The molecule has 2 aromatic heterocycles. The Morgan fingerprint density at radius 2 is 2.10 bits per heavy atom. The number of carbonyl (C=O) groups excluding carboxylic acids is 2. The molecule has 9 heteroatoms. The highest BCUT2D eigenvalue weighted by Crippen LogP contribution is 2.23. The normalized spacial score (nSPS) is 16.2. The quantitative estimate of drug-likeness (QED) is 0.347. The third-order valence-electron chi connectivity index (χ3n) is 4.80. The molecule has 4 rings (SSSR count). The highest BCUT2D eigenvalue weighted by atomic mass is 32.2. The van der Waals surface area contributed by atoms with Gasteiger partial charge in [0.1, 0.15) is 4.70 Å². The Morgan fingerprint density at radius 1 is 1.30 bits per heavy atom. The van der Waals surface area contributed by atoms with Crippen molar-refractivity contribution in [2.45, 2.75) is 18.1 Å². The zero-order valence-electron chi connectivity index (χ0n) is 16.1. The molecule has 1 fully saturated rings. The van der Waals surface area contributed by atoms with E-state index in [0.29, 0.717) is 34.2 Å². The molecular formula is C21H20N4O3S2. The Hall–Kier alpha value is -2.91. The first-order chi connectivity index (χ1) is 14.6. The van der Waals surface area contributed by atoms with E-state index < -0.39 is 5.92 Å². The third kappa shape index (κ3) is 4.17. The van der Waals surface area contributed by atoms with Crippen LogP contribution in [0.3, 0.4) is 0 Å². The first-order valence-corrected chi connectivity index (χ1v) is 11.3. The predicted molar refractivity (Wildman–Crippen MR) is 119 cm³/mol. The van der Waals surface area contributed by atoms with Gasteiger partial charge in [-0.15, -0.1) is 17.9 Å². The van der Waals surface area contributed by atoms with E-state index in [-0.39, 0.29) is 23.8 Å². The van der Waals surface area contributed by atoms with Gasteiger partial charge in [0.15, 0.2) is 5.16 Å². The van der Waals surface area contributed by atoms with Crippen LogP contribution in [0.25, 0.3) is 10.2 Å². The zero-order chi connectivity index (χ0) is 21.1. The standard InChI is InChI=1S/C21H20N4O3S2/c1-2-9-30-21-22-16-8-10-29-18(16)20(28)25(21)23-19(27)15-11-17(26)24(13-15)12-14-6-4-3-5-7-14/h2-8,10,15H,1,9,11-13H2,(H,23,27). The van der Waals surface area contributed by atoms with Crippen molar-refractivity contribution in [1.29, 1.82) is 0 Å². The van der Waals surface area contributed by atoms with Crippen LogP contribution >= 0.6 is 23.1 Å². The van der Waals surface area contributed by atoms with Crippen LogP contribution in [0.15, 0.2) is 64.4 Å². The maximum absolute atomic E-state index is 12.9. The molecule has 3 heterocycles. The lowest BCUT2D eigenvalue weighted by molar-refractivity contribution is -0.128. The third-order valence-corrected chi connectivity index (χ3v) is 6.63. The zero-order valence-corrected chi connectivity index (χ0v) is 17.7. The molecule has 1 saturated heterocycles. The number of fused-ring (bicyclic) bond motifs is 1. The summed E-state index contributed by atoms with van der Waals surface area (Å²) in [4.78, 5) is 44.4. The molecule has 3 aromatic rings. The molecule has 0 aliphatic carbocycles. The summed E-state index contributed by atoms with van der Waals surface area (Å²) >= 11 is 2.60. The van der Waals surface area contributed by atoms with Gasteiger partial charge in [-0.05, 0) is 17.0 Å². The van der Waals surface area contributed by atoms with Crippen LogP contribution in [0.4, 0.5) is 0 Å². The molecule has 1 aliphatic heterocycles. The summed E-state index contributed by atoms with van der Waals surface area (Å²) in [5, 5.41) is 2.19. The fraction of sp³-hybridized carbons (Fsp3) is 0.238. The van der Waals surface area contributed by atoms with Crippen LogP contribution in [0, 0.1) is 5.92 Å². The molecule has 1 unspecified atom stereocenters. The van der Waals surface area contributed by atoms with Gasteiger partial charge in [0.25, 0.3) is 5.56 Å². The van der Waals surface area contributed by atoms with Crippen molar-refractivity contribution in [3.63, 3.8) is 0 Å². The van der Waals surface area contributed by atoms with Crippen molar-refractivity contribution in [2.24, 2.45) is 5.92 Å². The second-order valence-corrected chi connectivity index (χ2v) is 8.81. The van der Waals surface area contributed by atoms with E-state index in [1.807, 2.05) is 30.3 Å². The van der Waals surface area contributed by atoms with E-state index >= 15 is 0 Å². The minimum Gasteiger partial charge on any atom is -0.338 e. The minimum absolute atomic E-state index is 0.0700.